The molecule has 1 unspecified atom stereocenters. The molecule has 20 heavy (non-hydrogen) atoms. The van der Waals surface area contributed by atoms with Crippen molar-refractivity contribution in [3.05, 3.63) is 24.2 Å². The number of furan rings is 1. The molecule has 2 fully saturated rings. The normalized spacial score (nSPS) is 24.8. The fourth-order valence-corrected chi connectivity index (χ4v) is 2.96. The summed E-state index contributed by atoms with van der Waals surface area (Å²) in [5, 5.41) is 0. The van der Waals surface area contributed by atoms with Crippen LogP contribution in [0, 0.1) is 5.92 Å². The Kier molecular flexibility index (Phi) is 4.38. The van der Waals surface area contributed by atoms with E-state index in [1.165, 1.54) is 0 Å². The zero-order valence-corrected chi connectivity index (χ0v) is 11.8. The summed E-state index contributed by atoms with van der Waals surface area (Å²) in [7, 11) is 0. The lowest BCUT2D eigenvalue weighted by Gasteiger charge is -2.23. The Hall–Kier alpha value is -1.33. The van der Waals surface area contributed by atoms with E-state index in [-0.39, 0.29) is 11.8 Å². The number of hydrogen-bond acceptors (Lipinski definition) is 4. The third-order valence-corrected chi connectivity index (χ3v) is 4.14. The topological polar surface area (TPSA) is 45.9 Å². The number of rotatable bonds is 3. The molecule has 0 aliphatic carbocycles. The van der Waals surface area contributed by atoms with Crippen LogP contribution in [0.5, 0.6) is 0 Å². The van der Waals surface area contributed by atoms with Crippen LogP contribution in [-0.2, 0) is 16.1 Å². The fraction of sp³-hybridized carbons (Fsp3) is 0.667. The van der Waals surface area contributed by atoms with Gasteiger partial charge in [0.1, 0.15) is 5.76 Å². The van der Waals surface area contributed by atoms with Gasteiger partial charge in [0.2, 0.25) is 5.91 Å². The standard InChI is InChI=1S/C15H22N2O3/c18-15(13-4-10-19-12-13)17-6-2-5-16(7-8-17)11-14-3-1-9-20-14/h1,3,9,13H,2,4-8,10-12H2. The van der Waals surface area contributed by atoms with Gasteiger partial charge in [0, 0.05) is 32.8 Å². The maximum atomic E-state index is 12.4. The smallest absolute Gasteiger partial charge is 0.228 e. The summed E-state index contributed by atoms with van der Waals surface area (Å²) < 4.78 is 10.7. The van der Waals surface area contributed by atoms with E-state index in [2.05, 4.69) is 4.90 Å². The predicted molar refractivity (Wildman–Crippen MR) is 74.1 cm³/mol. The first-order chi connectivity index (χ1) is 9.83. The van der Waals surface area contributed by atoms with E-state index in [4.69, 9.17) is 9.15 Å². The molecule has 0 saturated carbocycles. The van der Waals surface area contributed by atoms with Crippen molar-refractivity contribution in [2.75, 3.05) is 39.4 Å². The van der Waals surface area contributed by atoms with Gasteiger partial charge in [0.05, 0.1) is 25.3 Å². The molecule has 3 heterocycles. The van der Waals surface area contributed by atoms with Crippen LogP contribution in [0.3, 0.4) is 0 Å². The van der Waals surface area contributed by atoms with Crippen molar-refractivity contribution in [2.24, 2.45) is 5.92 Å². The monoisotopic (exact) mass is 278 g/mol. The summed E-state index contributed by atoms with van der Waals surface area (Å²) in [4.78, 5) is 16.8. The van der Waals surface area contributed by atoms with E-state index < -0.39 is 0 Å². The van der Waals surface area contributed by atoms with Crippen LogP contribution in [0.2, 0.25) is 0 Å². The maximum absolute atomic E-state index is 12.4. The molecule has 1 amide bonds. The summed E-state index contributed by atoms with van der Waals surface area (Å²) in [6, 6.07) is 3.92. The highest BCUT2D eigenvalue weighted by atomic mass is 16.5. The largest absolute Gasteiger partial charge is 0.468 e. The van der Waals surface area contributed by atoms with Crippen LogP contribution in [0.15, 0.2) is 22.8 Å². The van der Waals surface area contributed by atoms with Gasteiger partial charge >= 0.3 is 0 Å². The summed E-state index contributed by atoms with van der Waals surface area (Å²) in [5.74, 6) is 1.36. The summed E-state index contributed by atoms with van der Waals surface area (Å²) >= 11 is 0. The average Bonchev–Trinajstić information content (AvgIpc) is 3.10. The van der Waals surface area contributed by atoms with Gasteiger partial charge < -0.3 is 14.1 Å². The van der Waals surface area contributed by atoms with Crippen molar-refractivity contribution in [3.63, 3.8) is 0 Å². The van der Waals surface area contributed by atoms with E-state index >= 15 is 0 Å². The molecular weight excluding hydrogens is 256 g/mol. The maximum Gasteiger partial charge on any atom is 0.228 e. The Morgan fingerprint density at radius 3 is 3.00 bits per heavy atom. The van der Waals surface area contributed by atoms with Crippen LogP contribution in [0.1, 0.15) is 18.6 Å². The number of amides is 1. The Morgan fingerprint density at radius 2 is 2.25 bits per heavy atom. The van der Waals surface area contributed by atoms with Crippen molar-refractivity contribution >= 4 is 5.91 Å². The second-order valence-electron chi connectivity index (χ2n) is 5.59. The minimum absolute atomic E-state index is 0.0895. The Morgan fingerprint density at radius 1 is 1.30 bits per heavy atom. The lowest BCUT2D eigenvalue weighted by molar-refractivity contribution is -0.135. The van der Waals surface area contributed by atoms with Gasteiger partial charge in [-0.2, -0.15) is 0 Å². The van der Waals surface area contributed by atoms with Crippen LogP contribution in [0.4, 0.5) is 0 Å². The van der Waals surface area contributed by atoms with Crippen molar-refractivity contribution in [1.82, 2.24) is 9.80 Å². The molecule has 5 heteroatoms. The number of hydrogen-bond donors (Lipinski definition) is 0. The van der Waals surface area contributed by atoms with E-state index in [9.17, 15) is 4.79 Å². The number of carbonyl (C=O) groups excluding carboxylic acids is 1. The molecule has 1 aromatic heterocycles. The molecule has 1 aromatic rings. The molecule has 1 atom stereocenters. The first-order valence-electron chi connectivity index (χ1n) is 7.44. The average molecular weight is 278 g/mol. The summed E-state index contributed by atoms with van der Waals surface area (Å²) in [6.07, 6.45) is 3.62. The molecule has 0 N–H and O–H groups in total. The van der Waals surface area contributed by atoms with Crippen molar-refractivity contribution in [3.8, 4) is 0 Å². The highest BCUT2D eigenvalue weighted by molar-refractivity contribution is 5.79. The van der Waals surface area contributed by atoms with E-state index in [0.717, 1.165) is 57.9 Å². The van der Waals surface area contributed by atoms with Crippen molar-refractivity contribution < 1.29 is 13.9 Å². The van der Waals surface area contributed by atoms with Gasteiger partial charge in [0.25, 0.3) is 0 Å². The van der Waals surface area contributed by atoms with Crippen LogP contribution in [0.25, 0.3) is 0 Å². The zero-order chi connectivity index (χ0) is 13.8. The highest BCUT2D eigenvalue weighted by Gasteiger charge is 2.29. The van der Waals surface area contributed by atoms with Gasteiger partial charge in [-0.3, -0.25) is 9.69 Å². The van der Waals surface area contributed by atoms with Crippen molar-refractivity contribution in [1.29, 1.82) is 0 Å². The van der Waals surface area contributed by atoms with Gasteiger partial charge in [0.15, 0.2) is 0 Å². The summed E-state index contributed by atoms with van der Waals surface area (Å²) in [5.41, 5.74) is 0. The molecule has 0 bridgehead atoms. The van der Waals surface area contributed by atoms with Crippen LogP contribution in [-0.4, -0.2) is 55.1 Å². The first kappa shape index (κ1) is 13.6. The molecule has 2 saturated heterocycles. The fourth-order valence-electron chi connectivity index (χ4n) is 2.96. The molecule has 0 spiro atoms. The Bertz CT molecular complexity index is 426. The quantitative estimate of drug-likeness (QED) is 0.837. The number of carbonyl (C=O) groups is 1. The molecular formula is C15H22N2O3. The minimum Gasteiger partial charge on any atom is -0.468 e. The first-order valence-corrected chi connectivity index (χ1v) is 7.44. The van der Waals surface area contributed by atoms with Gasteiger partial charge in [-0.05, 0) is 25.0 Å². The predicted octanol–water partition coefficient (Wildman–Crippen LogP) is 1.35. The molecule has 2 aliphatic heterocycles. The molecule has 0 aromatic carbocycles. The molecule has 110 valence electrons. The molecule has 0 radical (unpaired) electrons. The molecule has 3 rings (SSSR count). The van der Waals surface area contributed by atoms with Crippen LogP contribution >= 0.6 is 0 Å². The van der Waals surface area contributed by atoms with Gasteiger partial charge in [-0.15, -0.1) is 0 Å². The highest BCUT2D eigenvalue weighted by Crippen LogP contribution is 2.17. The third-order valence-electron chi connectivity index (χ3n) is 4.14. The second kappa shape index (κ2) is 6.41. The van der Waals surface area contributed by atoms with Gasteiger partial charge in [-0.1, -0.05) is 0 Å². The lowest BCUT2D eigenvalue weighted by Crippen LogP contribution is -2.39. The summed E-state index contributed by atoms with van der Waals surface area (Å²) in [6.45, 7) is 5.79. The second-order valence-corrected chi connectivity index (χ2v) is 5.59. The van der Waals surface area contributed by atoms with E-state index in [1.807, 2.05) is 17.0 Å². The molecule has 5 nitrogen and oxygen atoms in total. The van der Waals surface area contributed by atoms with Crippen LogP contribution < -0.4 is 0 Å². The third kappa shape index (κ3) is 3.22. The zero-order valence-electron chi connectivity index (χ0n) is 11.8. The Labute approximate surface area is 119 Å². The van der Waals surface area contributed by atoms with Crippen molar-refractivity contribution in [2.45, 2.75) is 19.4 Å². The SMILES string of the molecule is O=C(C1CCOC1)N1CCCN(Cc2ccco2)CC1. The van der Waals surface area contributed by atoms with E-state index in [0.29, 0.717) is 6.61 Å². The molecule has 2 aliphatic rings. The number of ether oxygens (including phenoxy) is 1. The lowest BCUT2D eigenvalue weighted by atomic mass is 10.1. The number of nitrogens with zero attached hydrogens (tertiary/aromatic N) is 2. The Balaban J connectivity index is 1.52. The minimum atomic E-state index is 0.0895. The van der Waals surface area contributed by atoms with Gasteiger partial charge in [-0.25, -0.2) is 0 Å². The van der Waals surface area contributed by atoms with E-state index in [1.54, 1.807) is 6.26 Å².